The standard InChI is InChI=1S/C31H35Cl2NO4.ClH/c1-21(2)18-23-4-6-24(7-5-23)22(3)31(35)37-17-15-34-14-16-36-30(20-34)28-13-12-27(19-29(28)33)38-26-10-8-25(32)9-11-26;/h4-13,19,21-22,30H,14-18,20H2,1-3H3;1H. The molecule has 0 aliphatic carbocycles. The van der Waals surface area contributed by atoms with Gasteiger partial charge in [0.2, 0.25) is 0 Å². The van der Waals surface area contributed by atoms with E-state index in [0.717, 1.165) is 24.1 Å². The maximum Gasteiger partial charge on any atom is 0.313 e. The molecule has 1 fully saturated rings. The van der Waals surface area contributed by atoms with Crippen molar-refractivity contribution in [1.82, 2.24) is 4.90 Å². The summed E-state index contributed by atoms with van der Waals surface area (Å²) in [5.41, 5.74) is 3.17. The number of halogens is 3. The van der Waals surface area contributed by atoms with Crippen molar-refractivity contribution < 1.29 is 19.0 Å². The van der Waals surface area contributed by atoms with Crippen molar-refractivity contribution in [3.63, 3.8) is 0 Å². The topological polar surface area (TPSA) is 48.0 Å². The van der Waals surface area contributed by atoms with Crippen LogP contribution in [-0.2, 0) is 20.7 Å². The number of benzene rings is 3. The second kappa shape index (κ2) is 14.9. The normalized spacial score (nSPS) is 16.4. The first-order valence-corrected chi connectivity index (χ1v) is 13.9. The molecule has 0 saturated carbocycles. The number of nitrogens with zero attached hydrogens (tertiary/aromatic N) is 1. The Kier molecular flexibility index (Phi) is 12.0. The van der Waals surface area contributed by atoms with Crippen LogP contribution in [0.15, 0.2) is 66.7 Å². The number of carbonyl (C=O) groups is 1. The summed E-state index contributed by atoms with van der Waals surface area (Å²) in [7, 11) is 0. The van der Waals surface area contributed by atoms with Crippen molar-refractivity contribution in [1.29, 1.82) is 0 Å². The Morgan fingerprint density at radius 2 is 1.69 bits per heavy atom. The molecule has 0 N–H and O–H groups in total. The highest BCUT2D eigenvalue weighted by atomic mass is 35.5. The van der Waals surface area contributed by atoms with Crippen molar-refractivity contribution in [3.8, 4) is 11.5 Å². The van der Waals surface area contributed by atoms with Gasteiger partial charge in [-0.1, -0.05) is 67.4 Å². The van der Waals surface area contributed by atoms with Crippen LogP contribution in [0, 0.1) is 5.92 Å². The third-order valence-corrected chi connectivity index (χ3v) is 7.23. The van der Waals surface area contributed by atoms with Crippen LogP contribution < -0.4 is 4.74 Å². The molecule has 5 nitrogen and oxygen atoms in total. The van der Waals surface area contributed by atoms with E-state index in [0.29, 0.717) is 53.8 Å². The summed E-state index contributed by atoms with van der Waals surface area (Å²) in [5, 5.41) is 1.24. The second-order valence-corrected chi connectivity index (χ2v) is 11.0. The quantitative estimate of drug-likeness (QED) is 0.223. The summed E-state index contributed by atoms with van der Waals surface area (Å²) in [6, 6.07) is 21.1. The first kappa shape index (κ1) is 31.3. The number of hydrogen-bond donors (Lipinski definition) is 0. The Morgan fingerprint density at radius 1 is 1.00 bits per heavy atom. The van der Waals surface area contributed by atoms with Crippen molar-refractivity contribution in [2.45, 2.75) is 39.2 Å². The molecule has 2 unspecified atom stereocenters. The fraction of sp³-hybridized carbons (Fsp3) is 0.387. The fourth-order valence-electron chi connectivity index (χ4n) is 4.52. The van der Waals surface area contributed by atoms with Gasteiger partial charge in [0.05, 0.1) is 23.7 Å². The van der Waals surface area contributed by atoms with E-state index in [1.54, 1.807) is 18.2 Å². The third kappa shape index (κ3) is 9.12. The van der Waals surface area contributed by atoms with Crippen LogP contribution in [0.5, 0.6) is 11.5 Å². The number of morpholine rings is 1. The van der Waals surface area contributed by atoms with E-state index in [1.807, 2.05) is 43.3 Å². The zero-order chi connectivity index (χ0) is 27.1. The molecule has 2 atom stereocenters. The number of rotatable bonds is 10. The predicted molar refractivity (Wildman–Crippen MR) is 160 cm³/mol. The van der Waals surface area contributed by atoms with Crippen molar-refractivity contribution in [3.05, 3.63) is 93.5 Å². The van der Waals surface area contributed by atoms with Gasteiger partial charge in [0.25, 0.3) is 0 Å². The maximum absolute atomic E-state index is 12.7. The van der Waals surface area contributed by atoms with Crippen LogP contribution in [-0.4, -0.2) is 43.7 Å². The van der Waals surface area contributed by atoms with E-state index >= 15 is 0 Å². The van der Waals surface area contributed by atoms with Gasteiger partial charge in [-0.05, 0) is 66.8 Å². The molecule has 0 amide bonds. The van der Waals surface area contributed by atoms with Gasteiger partial charge in [-0.3, -0.25) is 9.69 Å². The maximum atomic E-state index is 12.7. The minimum Gasteiger partial charge on any atom is -0.464 e. The zero-order valence-electron chi connectivity index (χ0n) is 22.6. The molecule has 39 heavy (non-hydrogen) atoms. The van der Waals surface area contributed by atoms with Gasteiger partial charge in [0, 0.05) is 30.2 Å². The summed E-state index contributed by atoms with van der Waals surface area (Å²) in [6.07, 6.45) is 0.867. The first-order chi connectivity index (χ1) is 18.3. The molecule has 3 aromatic rings. The van der Waals surface area contributed by atoms with Gasteiger partial charge in [-0.15, -0.1) is 12.4 Å². The van der Waals surface area contributed by atoms with E-state index in [1.165, 1.54) is 5.56 Å². The lowest BCUT2D eigenvalue weighted by Gasteiger charge is -2.33. The van der Waals surface area contributed by atoms with Crippen LogP contribution in [0.3, 0.4) is 0 Å². The Morgan fingerprint density at radius 3 is 2.36 bits per heavy atom. The Bertz CT molecular complexity index is 1200. The lowest BCUT2D eigenvalue weighted by molar-refractivity contribution is -0.146. The lowest BCUT2D eigenvalue weighted by Crippen LogP contribution is -2.40. The molecule has 210 valence electrons. The molecule has 1 saturated heterocycles. The van der Waals surface area contributed by atoms with Crippen LogP contribution >= 0.6 is 35.6 Å². The van der Waals surface area contributed by atoms with Crippen LogP contribution in [0.1, 0.15) is 49.5 Å². The third-order valence-electron chi connectivity index (χ3n) is 6.65. The summed E-state index contributed by atoms with van der Waals surface area (Å²) in [6.45, 7) is 9.30. The monoisotopic (exact) mass is 591 g/mol. The van der Waals surface area contributed by atoms with Crippen LogP contribution in [0.2, 0.25) is 10.0 Å². The molecule has 0 bridgehead atoms. The van der Waals surface area contributed by atoms with Gasteiger partial charge in [-0.25, -0.2) is 0 Å². The van der Waals surface area contributed by atoms with Crippen molar-refractivity contribution in [2.75, 3.05) is 32.8 Å². The zero-order valence-corrected chi connectivity index (χ0v) is 24.9. The van der Waals surface area contributed by atoms with Crippen LogP contribution in [0.4, 0.5) is 0 Å². The van der Waals surface area contributed by atoms with E-state index in [9.17, 15) is 4.79 Å². The second-order valence-electron chi connectivity index (χ2n) is 10.1. The van der Waals surface area contributed by atoms with Gasteiger partial charge >= 0.3 is 5.97 Å². The molecular formula is C31H36Cl3NO4. The average molecular weight is 593 g/mol. The minimum atomic E-state index is -0.298. The smallest absolute Gasteiger partial charge is 0.313 e. The van der Waals surface area contributed by atoms with Gasteiger partial charge in [0.1, 0.15) is 18.1 Å². The van der Waals surface area contributed by atoms with Crippen molar-refractivity contribution >= 4 is 41.6 Å². The predicted octanol–water partition coefficient (Wildman–Crippen LogP) is 8.13. The minimum absolute atomic E-state index is 0. The highest BCUT2D eigenvalue weighted by molar-refractivity contribution is 6.31. The van der Waals surface area contributed by atoms with E-state index < -0.39 is 0 Å². The summed E-state index contributed by atoms with van der Waals surface area (Å²) in [5.74, 6) is 1.43. The number of esters is 1. The summed E-state index contributed by atoms with van der Waals surface area (Å²) < 4.78 is 17.5. The molecule has 1 heterocycles. The molecule has 3 aromatic carbocycles. The fourth-order valence-corrected chi connectivity index (χ4v) is 4.93. The molecule has 0 spiro atoms. The van der Waals surface area contributed by atoms with Gasteiger partial charge in [0.15, 0.2) is 0 Å². The van der Waals surface area contributed by atoms with Gasteiger partial charge in [-0.2, -0.15) is 0 Å². The van der Waals surface area contributed by atoms with Crippen LogP contribution in [0.25, 0.3) is 0 Å². The Hall–Kier alpha value is -2.28. The number of hydrogen-bond acceptors (Lipinski definition) is 5. The molecule has 4 rings (SSSR count). The Labute approximate surface area is 247 Å². The van der Waals surface area contributed by atoms with E-state index in [2.05, 4.69) is 30.9 Å². The van der Waals surface area contributed by atoms with E-state index in [4.69, 9.17) is 37.4 Å². The molecule has 0 aromatic heterocycles. The SMILES string of the molecule is CC(C)Cc1ccc(C(C)C(=O)OCCN2CCOC(c3ccc(Oc4ccc(Cl)cc4)cc3Cl)C2)cc1.Cl. The molecule has 0 radical (unpaired) electrons. The average Bonchev–Trinajstić information content (AvgIpc) is 2.90. The van der Waals surface area contributed by atoms with Gasteiger partial charge < -0.3 is 14.2 Å². The highest BCUT2D eigenvalue weighted by Gasteiger charge is 2.25. The molecule has 1 aliphatic rings. The summed E-state index contributed by atoms with van der Waals surface area (Å²) in [4.78, 5) is 14.9. The summed E-state index contributed by atoms with van der Waals surface area (Å²) >= 11 is 12.5. The lowest BCUT2D eigenvalue weighted by atomic mass is 9.97. The first-order valence-electron chi connectivity index (χ1n) is 13.1. The van der Waals surface area contributed by atoms with E-state index in [-0.39, 0.29) is 30.4 Å². The Balaban J connectivity index is 0.00000420. The number of carbonyl (C=O) groups excluding carboxylic acids is 1. The largest absolute Gasteiger partial charge is 0.464 e. The van der Waals surface area contributed by atoms with Crippen molar-refractivity contribution in [2.24, 2.45) is 5.92 Å². The number of ether oxygens (including phenoxy) is 3. The molecular weight excluding hydrogens is 557 g/mol. The molecule has 8 heteroatoms. The highest BCUT2D eigenvalue weighted by Crippen LogP contribution is 2.33. The molecule has 1 aliphatic heterocycles.